The predicted molar refractivity (Wildman–Crippen MR) is 77.1 cm³/mol. The summed E-state index contributed by atoms with van der Waals surface area (Å²) in [6.45, 7) is 3.08. The van der Waals surface area contributed by atoms with Gasteiger partial charge in [-0.15, -0.1) is 0 Å². The van der Waals surface area contributed by atoms with Crippen LogP contribution in [0.1, 0.15) is 11.1 Å². The standard InChI is InChI=1S/C15H16BrN/c1-11-9-12(10-17-2)3-8-15(11)13-4-6-14(16)7-5-13/h3-9,17H,10H2,1-2H3. The van der Waals surface area contributed by atoms with E-state index >= 15 is 0 Å². The maximum atomic E-state index is 3.46. The highest BCUT2D eigenvalue weighted by molar-refractivity contribution is 9.10. The van der Waals surface area contributed by atoms with Crippen molar-refractivity contribution < 1.29 is 0 Å². The van der Waals surface area contributed by atoms with E-state index in [-0.39, 0.29) is 0 Å². The van der Waals surface area contributed by atoms with Gasteiger partial charge in [0.2, 0.25) is 0 Å². The molecule has 0 radical (unpaired) electrons. The summed E-state index contributed by atoms with van der Waals surface area (Å²) in [5.41, 5.74) is 5.21. The van der Waals surface area contributed by atoms with Crippen molar-refractivity contribution >= 4 is 15.9 Å². The molecular weight excluding hydrogens is 274 g/mol. The van der Waals surface area contributed by atoms with Crippen LogP contribution in [-0.4, -0.2) is 7.05 Å². The lowest BCUT2D eigenvalue weighted by molar-refractivity contribution is 0.817. The van der Waals surface area contributed by atoms with Crippen LogP contribution < -0.4 is 5.32 Å². The third-order valence-corrected chi connectivity index (χ3v) is 3.36. The van der Waals surface area contributed by atoms with Crippen molar-refractivity contribution in [2.24, 2.45) is 0 Å². The predicted octanol–water partition coefficient (Wildman–Crippen LogP) is 4.14. The van der Waals surface area contributed by atoms with E-state index < -0.39 is 0 Å². The Morgan fingerprint density at radius 1 is 1.06 bits per heavy atom. The molecule has 2 heteroatoms. The van der Waals surface area contributed by atoms with Crippen molar-refractivity contribution in [3.63, 3.8) is 0 Å². The van der Waals surface area contributed by atoms with Gasteiger partial charge in [-0.1, -0.05) is 46.3 Å². The van der Waals surface area contributed by atoms with E-state index in [1.165, 1.54) is 22.3 Å². The Kier molecular flexibility index (Phi) is 3.97. The normalized spacial score (nSPS) is 10.5. The number of nitrogens with one attached hydrogen (secondary N) is 1. The lowest BCUT2D eigenvalue weighted by Gasteiger charge is -2.09. The second-order valence-corrected chi connectivity index (χ2v) is 5.10. The first-order chi connectivity index (χ1) is 8.20. The van der Waals surface area contributed by atoms with Gasteiger partial charge in [-0.2, -0.15) is 0 Å². The summed E-state index contributed by atoms with van der Waals surface area (Å²) in [4.78, 5) is 0. The van der Waals surface area contributed by atoms with Crippen LogP contribution in [0, 0.1) is 6.92 Å². The first kappa shape index (κ1) is 12.3. The van der Waals surface area contributed by atoms with E-state index in [0.29, 0.717) is 0 Å². The fraction of sp³-hybridized carbons (Fsp3) is 0.200. The van der Waals surface area contributed by atoms with Crippen molar-refractivity contribution in [2.45, 2.75) is 13.5 Å². The first-order valence-electron chi connectivity index (χ1n) is 5.71. The van der Waals surface area contributed by atoms with Crippen molar-refractivity contribution in [3.05, 3.63) is 58.1 Å². The van der Waals surface area contributed by atoms with Crippen molar-refractivity contribution in [3.8, 4) is 11.1 Å². The zero-order chi connectivity index (χ0) is 12.3. The van der Waals surface area contributed by atoms with Gasteiger partial charge in [-0.05, 0) is 48.4 Å². The molecule has 0 bridgehead atoms. The maximum absolute atomic E-state index is 3.46. The lowest BCUT2D eigenvalue weighted by atomic mass is 9.98. The van der Waals surface area contributed by atoms with Gasteiger partial charge in [-0.3, -0.25) is 0 Å². The SMILES string of the molecule is CNCc1ccc(-c2ccc(Br)cc2)c(C)c1. The molecular formula is C15H16BrN. The molecule has 88 valence electrons. The van der Waals surface area contributed by atoms with Gasteiger partial charge in [0, 0.05) is 11.0 Å². The summed E-state index contributed by atoms with van der Waals surface area (Å²) in [6.07, 6.45) is 0. The number of benzene rings is 2. The monoisotopic (exact) mass is 289 g/mol. The van der Waals surface area contributed by atoms with Crippen molar-refractivity contribution in [1.82, 2.24) is 5.32 Å². The van der Waals surface area contributed by atoms with Gasteiger partial charge < -0.3 is 5.32 Å². The molecule has 0 spiro atoms. The van der Waals surface area contributed by atoms with Crippen molar-refractivity contribution in [2.75, 3.05) is 7.05 Å². The summed E-state index contributed by atoms with van der Waals surface area (Å²) < 4.78 is 1.12. The van der Waals surface area contributed by atoms with Gasteiger partial charge in [0.25, 0.3) is 0 Å². The highest BCUT2D eigenvalue weighted by atomic mass is 79.9. The van der Waals surface area contributed by atoms with Crippen LogP contribution in [0.4, 0.5) is 0 Å². The molecule has 0 amide bonds. The molecule has 0 heterocycles. The average Bonchev–Trinajstić information content (AvgIpc) is 2.31. The molecule has 0 aliphatic rings. The molecule has 17 heavy (non-hydrogen) atoms. The largest absolute Gasteiger partial charge is 0.316 e. The third-order valence-electron chi connectivity index (χ3n) is 2.83. The highest BCUT2D eigenvalue weighted by Gasteiger charge is 2.02. The molecule has 1 nitrogen and oxygen atoms in total. The molecule has 0 aliphatic heterocycles. The van der Waals surface area contributed by atoms with Gasteiger partial charge in [0.15, 0.2) is 0 Å². The van der Waals surface area contributed by atoms with E-state index in [1.807, 2.05) is 7.05 Å². The molecule has 0 unspecified atom stereocenters. The second-order valence-electron chi connectivity index (χ2n) is 4.19. The van der Waals surface area contributed by atoms with Crippen LogP contribution in [0.15, 0.2) is 46.9 Å². The van der Waals surface area contributed by atoms with Gasteiger partial charge in [-0.25, -0.2) is 0 Å². The fourth-order valence-electron chi connectivity index (χ4n) is 1.99. The Bertz CT molecular complexity index is 503. The van der Waals surface area contributed by atoms with Gasteiger partial charge in [0.1, 0.15) is 0 Å². The van der Waals surface area contributed by atoms with Crippen molar-refractivity contribution in [1.29, 1.82) is 0 Å². The smallest absolute Gasteiger partial charge is 0.0202 e. The Labute approximate surface area is 111 Å². The topological polar surface area (TPSA) is 12.0 Å². The Morgan fingerprint density at radius 3 is 2.35 bits per heavy atom. The minimum Gasteiger partial charge on any atom is -0.316 e. The summed E-state index contributed by atoms with van der Waals surface area (Å²) >= 11 is 3.46. The van der Waals surface area contributed by atoms with E-state index in [0.717, 1.165) is 11.0 Å². The zero-order valence-electron chi connectivity index (χ0n) is 10.1. The number of rotatable bonds is 3. The highest BCUT2D eigenvalue weighted by Crippen LogP contribution is 2.25. The second kappa shape index (κ2) is 5.48. The van der Waals surface area contributed by atoms with Crippen LogP contribution in [0.5, 0.6) is 0 Å². The Balaban J connectivity index is 2.36. The molecule has 1 N–H and O–H groups in total. The Morgan fingerprint density at radius 2 is 1.76 bits per heavy atom. The summed E-state index contributed by atoms with van der Waals surface area (Å²) in [6, 6.07) is 15.1. The van der Waals surface area contributed by atoms with E-state index in [2.05, 4.69) is 70.6 Å². The van der Waals surface area contributed by atoms with Crippen LogP contribution in [0.25, 0.3) is 11.1 Å². The number of halogens is 1. The van der Waals surface area contributed by atoms with Crippen LogP contribution in [0.2, 0.25) is 0 Å². The summed E-state index contributed by atoms with van der Waals surface area (Å²) in [5, 5.41) is 3.17. The van der Waals surface area contributed by atoms with E-state index in [4.69, 9.17) is 0 Å². The molecule has 0 aromatic heterocycles. The average molecular weight is 290 g/mol. The molecule has 2 aromatic carbocycles. The molecule has 0 atom stereocenters. The first-order valence-corrected chi connectivity index (χ1v) is 6.50. The maximum Gasteiger partial charge on any atom is 0.0202 e. The quantitative estimate of drug-likeness (QED) is 0.895. The fourth-order valence-corrected chi connectivity index (χ4v) is 2.26. The van der Waals surface area contributed by atoms with E-state index in [1.54, 1.807) is 0 Å². The molecule has 2 aromatic rings. The van der Waals surface area contributed by atoms with E-state index in [9.17, 15) is 0 Å². The molecule has 2 rings (SSSR count). The zero-order valence-corrected chi connectivity index (χ0v) is 11.7. The number of hydrogen-bond acceptors (Lipinski definition) is 1. The molecule has 0 aliphatic carbocycles. The lowest BCUT2D eigenvalue weighted by Crippen LogP contribution is -2.05. The Hall–Kier alpha value is -1.12. The van der Waals surface area contributed by atoms with Crippen LogP contribution >= 0.6 is 15.9 Å². The molecule has 0 saturated heterocycles. The summed E-state index contributed by atoms with van der Waals surface area (Å²) in [7, 11) is 1.97. The molecule has 0 saturated carbocycles. The number of hydrogen-bond donors (Lipinski definition) is 1. The molecule has 0 fully saturated rings. The third kappa shape index (κ3) is 2.96. The minimum absolute atomic E-state index is 0.918. The van der Waals surface area contributed by atoms with Gasteiger partial charge >= 0.3 is 0 Å². The van der Waals surface area contributed by atoms with Crippen LogP contribution in [-0.2, 0) is 6.54 Å². The van der Waals surface area contributed by atoms with Crippen LogP contribution in [0.3, 0.4) is 0 Å². The summed E-state index contributed by atoms with van der Waals surface area (Å²) in [5.74, 6) is 0. The number of aryl methyl sites for hydroxylation is 1. The van der Waals surface area contributed by atoms with Gasteiger partial charge in [0.05, 0.1) is 0 Å². The minimum atomic E-state index is 0.918.